The first-order valence-electron chi connectivity index (χ1n) is 7.04. The summed E-state index contributed by atoms with van der Waals surface area (Å²) >= 11 is 5.89. The van der Waals surface area contributed by atoms with Crippen molar-refractivity contribution in [2.24, 2.45) is 0 Å². The molecule has 0 amide bonds. The van der Waals surface area contributed by atoms with Crippen LogP contribution in [0.1, 0.15) is 38.5 Å². The molecule has 1 aromatic rings. The molecule has 20 heavy (non-hydrogen) atoms. The molecule has 0 bridgehead atoms. The summed E-state index contributed by atoms with van der Waals surface area (Å²) in [7, 11) is 3.68. The highest BCUT2D eigenvalue weighted by Gasteiger charge is 2.28. The number of aromatic nitrogens is 3. The smallest absolute Gasteiger partial charge is 0.230 e. The Labute approximate surface area is 124 Å². The number of hydrogen-bond acceptors (Lipinski definition) is 6. The van der Waals surface area contributed by atoms with Gasteiger partial charge in [0.1, 0.15) is 0 Å². The number of anilines is 2. The second-order valence-electron chi connectivity index (χ2n) is 5.61. The fourth-order valence-electron chi connectivity index (χ4n) is 2.43. The molecule has 2 N–H and O–H groups in total. The zero-order valence-corrected chi connectivity index (χ0v) is 12.8. The van der Waals surface area contributed by atoms with E-state index < -0.39 is 5.60 Å². The average molecular weight is 300 g/mol. The highest BCUT2D eigenvalue weighted by atomic mass is 35.5. The van der Waals surface area contributed by atoms with Crippen LogP contribution in [0.3, 0.4) is 0 Å². The lowest BCUT2D eigenvalue weighted by atomic mass is 9.95. The third-order valence-electron chi connectivity index (χ3n) is 3.61. The van der Waals surface area contributed by atoms with E-state index in [2.05, 4.69) is 20.3 Å². The maximum Gasteiger partial charge on any atom is 0.230 e. The zero-order chi connectivity index (χ0) is 14.6. The molecule has 0 aliphatic heterocycles. The molecular formula is C13H22ClN5O. The molecule has 0 spiro atoms. The topological polar surface area (TPSA) is 74.2 Å². The van der Waals surface area contributed by atoms with Gasteiger partial charge in [-0.15, -0.1) is 0 Å². The summed E-state index contributed by atoms with van der Waals surface area (Å²) < 4.78 is 0. The van der Waals surface area contributed by atoms with Crippen LogP contribution in [0, 0.1) is 0 Å². The molecule has 6 nitrogen and oxygen atoms in total. The second kappa shape index (κ2) is 6.54. The third-order valence-corrected chi connectivity index (χ3v) is 3.78. The van der Waals surface area contributed by atoms with Crippen molar-refractivity contribution in [2.75, 3.05) is 30.9 Å². The first-order valence-corrected chi connectivity index (χ1v) is 7.41. The van der Waals surface area contributed by atoms with Gasteiger partial charge in [0, 0.05) is 20.6 Å². The van der Waals surface area contributed by atoms with Gasteiger partial charge in [0.2, 0.25) is 17.2 Å². The highest BCUT2D eigenvalue weighted by Crippen LogP contribution is 2.27. The first-order chi connectivity index (χ1) is 9.48. The van der Waals surface area contributed by atoms with Crippen molar-refractivity contribution in [1.82, 2.24) is 15.0 Å². The van der Waals surface area contributed by atoms with Crippen LogP contribution in [0.25, 0.3) is 0 Å². The van der Waals surface area contributed by atoms with Gasteiger partial charge in [-0.1, -0.05) is 25.7 Å². The number of hydrogen-bond donors (Lipinski definition) is 2. The first kappa shape index (κ1) is 15.3. The number of halogens is 1. The van der Waals surface area contributed by atoms with Gasteiger partial charge in [-0.2, -0.15) is 15.0 Å². The molecule has 7 heteroatoms. The van der Waals surface area contributed by atoms with E-state index in [0.717, 1.165) is 25.7 Å². The van der Waals surface area contributed by atoms with E-state index in [-0.39, 0.29) is 5.28 Å². The molecule has 1 heterocycles. The van der Waals surface area contributed by atoms with E-state index >= 15 is 0 Å². The van der Waals surface area contributed by atoms with Gasteiger partial charge in [-0.05, 0) is 24.4 Å². The summed E-state index contributed by atoms with van der Waals surface area (Å²) in [6.07, 6.45) is 6.17. The van der Waals surface area contributed by atoms with E-state index in [1.807, 2.05) is 14.1 Å². The Kier molecular flexibility index (Phi) is 4.99. The average Bonchev–Trinajstić information content (AvgIpc) is 2.61. The van der Waals surface area contributed by atoms with E-state index in [1.165, 1.54) is 12.8 Å². The summed E-state index contributed by atoms with van der Waals surface area (Å²) in [6.45, 7) is 0.445. The molecule has 0 aromatic carbocycles. The summed E-state index contributed by atoms with van der Waals surface area (Å²) in [6, 6.07) is 0. The van der Waals surface area contributed by atoms with Gasteiger partial charge in [0.05, 0.1) is 5.60 Å². The second-order valence-corrected chi connectivity index (χ2v) is 5.95. The molecule has 0 saturated heterocycles. The predicted octanol–water partition coefficient (Wildman–Crippen LogP) is 2.09. The number of aliphatic hydroxyl groups is 1. The minimum absolute atomic E-state index is 0.152. The van der Waals surface area contributed by atoms with Gasteiger partial charge in [0.15, 0.2) is 0 Å². The van der Waals surface area contributed by atoms with Crippen molar-refractivity contribution in [1.29, 1.82) is 0 Å². The molecule has 1 fully saturated rings. The fourth-order valence-corrected chi connectivity index (χ4v) is 2.58. The van der Waals surface area contributed by atoms with E-state index in [9.17, 15) is 5.11 Å². The molecule has 1 aromatic heterocycles. The molecule has 1 saturated carbocycles. The Morgan fingerprint density at radius 1 is 1.15 bits per heavy atom. The lowest BCUT2D eigenvalue weighted by molar-refractivity contribution is 0.0379. The van der Waals surface area contributed by atoms with Crippen LogP contribution in [-0.2, 0) is 0 Å². The maximum absolute atomic E-state index is 10.6. The molecule has 0 atom stereocenters. The van der Waals surface area contributed by atoms with Crippen LogP contribution in [0.4, 0.5) is 11.9 Å². The largest absolute Gasteiger partial charge is 0.388 e. The van der Waals surface area contributed by atoms with Gasteiger partial charge in [-0.25, -0.2) is 0 Å². The third kappa shape index (κ3) is 4.18. The Morgan fingerprint density at radius 3 is 2.40 bits per heavy atom. The summed E-state index contributed by atoms with van der Waals surface area (Å²) in [5.41, 5.74) is -0.673. The highest BCUT2D eigenvalue weighted by molar-refractivity contribution is 6.28. The minimum atomic E-state index is -0.673. The Morgan fingerprint density at radius 2 is 1.80 bits per heavy atom. The number of rotatable bonds is 4. The molecule has 2 rings (SSSR count). The van der Waals surface area contributed by atoms with Crippen molar-refractivity contribution in [2.45, 2.75) is 44.1 Å². The Bertz CT molecular complexity index is 446. The van der Waals surface area contributed by atoms with Gasteiger partial charge < -0.3 is 15.3 Å². The molecular weight excluding hydrogens is 278 g/mol. The van der Waals surface area contributed by atoms with Crippen molar-refractivity contribution in [3.05, 3.63) is 5.28 Å². The summed E-state index contributed by atoms with van der Waals surface area (Å²) in [5.74, 6) is 0.909. The summed E-state index contributed by atoms with van der Waals surface area (Å²) in [4.78, 5) is 14.1. The lowest BCUT2D eigenvalue weighted by Crippen LogP contribution is -2.36. The van der Waals surface area contributed by atoms with Gasteiger partial charge in [0.25, 0.3) is 0 Å². The fraction of sp³-hybridized carbons (Fsp3) is 0.769. The lowest BCUT2D eigenvalue weighted by Gasteiger charge is -2.26. The number of nitrogens with one attached hydrogen (secondary N) is 1. The van der Waals surface area contributed by atoms with E-state index in [4.69, 9.17) is 11.6 Å². The maximum atomic E-state index is 10.6. The molecule has 1 aliphatic rings. The monoisotopic (exact) mass is 299 g/mol. The van der Waals surface area contributed by atoms with Crippen LogP contribution in [0.5, 0.6) is 0 Å². The Hall–Kier alpha value is -1.14. The standard InChI is InChI=1S/C13H22ClN5O/c1-19(2)12-17-10(14)16-11(18-12)15-9-13(20)7-5-3-4-6-8-13/h20H,3-9H2,1-2H3,(H,15,16,17,18). The van der Waals surface area contributed by atoms with E-state index in [0.29, 0.717) is 18.4 Å². The van der Waals surface area contributed by atoms with E-state index in [1.54, 1.807) is 4.90 Å². The van der Waals surface area contributed by atoms with Crippen molar-refractivity contribution >= 4 is 23.5 Å². The predicted molar refractivity (Wildman–Crippen MR) is 80.3 cm³/mol. The van der Waals surface area contributed by atoms with Crippen LogP contribution in [0.15, 0.2) is 0 Å². The van der Waals surface area contributed by atoms with Gasteiger partial charge in [-0.3, -0.25) is 0 Å². The minimum Gasteiger partial charge on any atom is -0.388 e. The number of nitrogens with zero attached hydrogens (tertiary/aromatic N) is 4. The van der Waals surface area contributed by atoms with Crippen LogP contribution in [-0.4, -0.2) is 46.3 Å². The molecule has 1 aliphatic carbocycles. The van der Waals surface area contributed by atoms with Crippen LogP contribution < -0.4 is 10.2 Å². The quantitative estimate of drug-likeness (QED) is 0.829. The van der Waals surface area contributed by atoms with Crippen LogP contribution >= 0.6 is 11.6 Å². The van der Waals surface area contributed by atoms with Crippen molar-refractivity contribution in [3.8, 4) is 0 Å². The van der Waals surface area contributed by atoms with Crippen molar-refractivity contribution in [3.63, 3.8) is 0 Å². The Balaban J connectivity index is 2.02. The SMILES string of the molecule is CN(C)c1nc(Cl)nc(NCC2(O)CCCCCC2)n1. The normalized spacial score (nSPS) is 18.4. The molecule has 112 valence electrons. The van der Waals surface area contributed by atoms with Gasteiger partial charge >= 0.3 is 0 Å². The summed E-state index contributed by atoms with van der Waals surface area (Å²) in [5, 5.41) is 13.8. The molecule has 0 radical (unpaired) electrons. The zero-order valence-electron chi connectivity index (χ0n) is 12.1. The van der Waals surface area contributed by atoms with Crippen molar-refractivity contribution < 1.29 is 5.11 Å². The van der Waals surface area contributed by atoms with Crippen LogP contribution in [0.2, 0.25) is 5.28 Å². The molecule has 0 unspecified atom stereocenters.